The molecule has 1 unspecified atom stereocenters. The van der Waals surface area contributed by atoms with Crippen LogP contribution in [0.4, 0.5) is 0 Å². The van der Waals surface area contributed by atoms with Crippen LogP contribution in [-0.4, -0.2) is 23.8 Å². The van der Waals surface area contributed by atoms with Gasteiger partial charge < -0.3 is 10.4 Å². The van der Waals surface area contributed by atoms with Crippen LogP contribution >= 0.6 is 0 Å². The zero-order valence-corrected chi connectivity index (χ0v) is 7.22. The number of rotatable bonds is 5. The highest BCUT2D eigenvalue weighted by molar-refractivity contribution is 4.58. The van der Waals surface area contributed by atoms with Gasteiger partial charge >= 0.3 is 0 Å². The molecule has 2 heteroatoms. The van der Waals surface area contributed by atoms with Gasteiger partial charge in [-0.3, -0.25) is 0 Å². The van der Waals surface area contributed by atoms with Gasteiger partial charge in [-0.05, 0) is 33.2 Å². The Hall–Kier alpha value is -0.0800. The summed E-state index contributed by atoms with van der Waals surface area (Å²) in [6, 6.07) is 0.582. The SMILES string of the molecule is CCC(C)NCC[C@H](C)O. The number of aliphatic hydroxyl groups excluding tert-OH is 1. The van der Waals surface area contributed by atoms with Crippen LogP contribution in [0.3, 0.4) is 0 Å². The summed E-state index contributed by atoms with van der Waals surface area (Å²) in [7, 11) is 0. The Balaban J connectivity index is 3.03. The van der Waals surface area contributed by atoms with E-state index in [1.807, 2.05) is 6.92 Å². The fraction of sp³-hybridized carbons (Fsp3) is 1.00. The van der Waals surface area contributed by atoms with E-state index in [0.29, 0.717) is 6.04 Å². The number of hydrogen-bond donors (Lipinski definition) is 2. The lowest BCUT2D eigenvalue weighted by Crippen LogP contribution is -2.27. The average molecular weight is 145 g/mol. The predicted octanol–water partition coefficient (Wildman–Crippen LogP) is 1.15. The largest absolute Gasteiger partial charge is 0.393 e. The summed E-state index contributed by atoms with van der Waals surface area (Å²) in [4.78, 5) is 0. The molecule has 0 radical (unpaired) electrons. The molecule has 10 heavy (non-hydrogen) atoms. The Morgan fingerprint density at radius 2 is 2.00 bits per heavy atom. The Bertz CT molecular complexity index is 73.7. The van der Waals surface area contributed by atoms with Crippen molar-refractivity contribution >= 4 is 0 Å². The smallest absolute Gasteiger partial charge is 0.0524 e. The third-order valence-electron chi connectivity index (χ3n) is 1.67. The minimum Gasteiger partial charge on any atom is -0.393 e. The third-order valence-corrected chi connectivity index (χ3v) is 1.67. The first-order valence-corrected chi connectivity index (χ1v) is 4.08. The first-order valence-electron chi connectivity index (χ1n) is 4.08. The van der Waals surface area contributed by atoms with Crippen LogP contribution in [0.15, 0.2) is 0 Å². The van der Waals surface area contributed by atoms with Crippen molar-refractivity contribution in [3.63, 3.8) is 0 Å². The molecular weight excluding hydrogens is 126 g/mol. The van der Waals surface area contributed by atoms with Gasteiger partial charge in [-0.1, -0.05) is 6.92 Å². The molecule has 2 nitrogen and oxygen atoms in total. The van der Waals surface area contributed by atoms with Gasteiger partial charge in [-0.15, -0.1) is 0 Å². The number of hydrogen-bond acceptors (Lipinski definition) is 2. The minimum atomic E-state index is -0.170. The van der Waals surface area contributed by atoms with Gasteiger partial charge in [0.1, 0.15) is 0 Å². The van der Waals surface area contributed by atoms with Gasteiger partial charge in [0, 0.05) is 6.04 Å². The second kappa shape index (κ2) is 5.69. The first-order chi connectivity index (χ1) is 4.66. The zero-order chi connectivity index (χ0) is 7.98. The normalized spacial score (nSPS) is 16.8. The molecule has 0 bridgehead atoms. The van der Waals surface area contributed by atoms with Crippen molar-refractivity contribution in [1.82, 2.24) is 5.32 Å². The first kappa shape index (κ1) is 9.92. The van der Waals surface area contributed by atoms with Crippen LogP contribution in [-0.2, 0) is 0 Å². The van der Waals surface area contributed by atoms with E-state index in [2.05, 4.69) is 19.2 Å². The van der Waals surface area contributed by atoms with Crippen LogP contribution in [0.2, 0.25) is 0 Å². The maximum Gasteiger partial charge on any atom is 0.0524 e. The van der Waals surface area contributed by atoms with Crippen LogP contribution in [0.25, 0.3) is 0 Å². The lowest BCUT2D eigenvalue weighted by molar-refractivity contribution is 0.182. The fourth-order valence-electron chi connectivity index (χ4n) is 0.683. The standard InChI is InChI=1S/C8H19NO/c1-4-7(2)9-6-5-8(3)10/h7-10H,4-6H2,1-3H3/t7?,8-/m0/s1. The summed E-state index contributed by atoms with van der Waals surface area (Å²) in [6.45, 7) is 7.05. The van der Waals surface area contributed by atoms with Crippen molar-refractivity contribution in [2.75, 3.05) is 6.54 Å². The van der Waals surface area contributed by atoms with Gasteiger partial charge in [0.25, 0.3) is 0 Å². The molecule has 0 heterocycles. The Kier molecular flexibility index (Phi) is 5.64. The summed E-state index contributed by atoms with van der Waals surface area (Å²) in [5.41, 5.74) is 0. The van der Waals surface area contributed by atoms with Crippen molar-refractivity contribution < 1.29 is 5.11 Å². The molecule has 0 fully saturated rings. The molecular formula is C8H19NO. The molecule has 0 rings (SSSR count). The monoisotopic (exact) mass is 145 g/mol. The van der Waals surface area contributed by atoms with E-state index in [1.165, 1.54) is 0 Å². The van der Waals surface area contributed by atoms with Crippen molar-refractivity contribution in [1.29, 1.82) is 0 Å². The molecule has 0 spiro atoms. The summed E-state index contributed by atoms with van der Waals surface area (Å²) in [6.07, 6.45) is 1.83. The Labute approximate surface area is 63.6 Å². The van der Waals surface area contributed by atoms with Gasteiger partial charge in [-0.2, -0.15) is 0 Å². The molecule has 2 atom stereocenters. The topological polar surface area (TPSA) is 32.3 Å². The van der Waals surface area contributed by atoms with Crippen LogP contribution in [0, 0.1) is 0 Å². The number of nitrogens with one attached hydrogen (secondary N) is 1. The number of aliphatic hydroxyl groups is 1. The summed E-state index contributed by atoms with van der Waals surface area (Å²) >= 11 is 0. The molecule has 0 saturated carbocycles. The van der Waals surface area contributed by atoms with Crippen LogP contribution < -0.4 is 5.32 Å². The van der Waals surface area contributed by atoms with Crippen molar-refractivity contribution in [2.24, 2.45) is 0 Å². The van der Waals surface area contributed by atoms with Crippen molar-refractivity contribution in [3.8, 4) is 0 Å². The van der Waals surface area contributed by atoms with Gasteiger partial charge in [0.2, 0.25) is 0 Å². The van der Waals surface area contributed by atoms with E-state index in [1.54, 1.807) is 0 Å². The molecule has 0 aromatic carbocycles. The van der Waals surface area contributed by atoms with E-state index >= 15 is 0 Å². The summed E-state index contributed by atoms with van der Waals surface area (Å²) in [5.74, 6) is 0. The molecule has 2 N–H and O–H groups in total. The van der Waals surface area contributed by atoms with E-state index in [-0.39, 0.29) is 6.10 Å². The van der Waals surface area contributed by atoms with Crippen molar-refractivity contribution in [3.05, 3.63) is 0 Å². The minimum absolute atomic E-state index is 0.170. The van der Waals surface area contributed by atoms with E-state index in [4.69, 9.17) is 5.11 Å². The summed E-state index contributed by atoms with van der Waals surface area (Å²) in [5, 5.41) is 12.2. The summed E-state index contributed by atoms with van der Waals surface area (Å²) < 4.78 is 0. The van der Waals surface area contributed by atoms with Gasteiger partial charge in [0.05, 0.1) is 6.10 Å². The molecule has 0 amide bonds. The third kappa shape index (κ3) is 6.05. The zero-order valence-electron chi connectivity index (χ0n) is 7.22. The van der Waals surface area contributed by atoms with Gasteiger partial charge in [-0.25, -0.2) is 0 Å². The molecule has 0 aromatic heterocycles. The molecule has 0 aromatic rings. The second-order valence-electron chi connectivity index (χ2n) is 2.90. The average Bonchev–Trinajstić information content (AvgIpc) is 1.87. The molecule has 62 valence electrons. The fourth-order valence-corrected chi connectivity index (χ4v) is 0.683. The Morgan fingerprint density at radius 3 is 2.40 bits per heavy atom. The molecule has 0 saturated heterocycles. The van der Waals surface area contributed by atoms with Crippen molar-refractivity contribution in [2.45, 2.75) is 45.8 Å². The maximum absolute atomic E-state index is 8.90. The van der Waals surface area contributed by atoms with E-state index < -0.39 is 0 Å². The highest BCUT2D eigenvalue weighted by atomic mass is 16.3. The quantitative estimate of drug-likeness (QED) is 0.608. The molecule has 0 aliphatic carbocycles. The predicted molar refractivity (Wildman–Crippen MR) is 44.1 cm³/mol. The highest BCUT2D eigenvalue weighted by Crippen LogP contribution is 1.90. The van der Waals surface area contributed by atoms with E-state index in [9.17, 15) is 0 Å². The lowest BCUT2D eigenvalue weighted by atomic mass is 10.2. The second-order valence-corrected chi connectivity index (χ2v) is 2.90. The van der Waals surface area contributed by atoms with E-state index in [0.717, 1.165) is 19.4 Å². The highest BCUT2D eigenvalue weighted by Gasteiger charge is 1.98. The lowest BCUT2D eigenvalue weighted by Gasteiger charge is -2.11. The van der Waals surface area contributed by atoms with Gasteiger partial charge in [0.15, 0.2) is 0 Å². The molecule has 0 aliphatic rings. The van der Waals surface area contributed by atoms with Crippen LogP contribution in [0.1, 0.15) is 33.6 Å². The Morgan fingerprint density at radius 1 is 1.40 bits per heavy atom. The maximum atomic E-state index is 8.90. The molecule has 0 aliphatic heterocycles. The van der Waals surface area contributed by atoms with Crippen LogP contribution in [0.5, 0.6) is 0 Å².